The Morgan fingerprint density at radius 1 is 1.00 bits per heavy atom. The number of benzene rings is 2. The van der Waals surface area contributed by atoms with Crippen LogP contribution in [0.1, 0.15) is 22.5 Å². The zero-order valence-electron chi connectivity index (χ0n) is 18.1. The first-order valence-corrected chi connectivity index (χ1v) is 10.00. The molecule has 0 spiro atoms. The summed E-state index contributed by atoms with van der Waals surface area (Å²) in [4.78, 5) is 9.02. The standard InChI is InChI=1S/C23H26N6O2/c1-14-18(15(2)29(28-14)13-16-8-6-5-7-9-16)12-25-23-26-19-11-21(31-4)20(30-3)10-17(19)22(24)27-23/h5-11H,12-13H2,1-4H3,(H3,24,25,26,27). The lowest BCUT2D eigenvalue weighted by molar-refractivity contribution is 0.356. The number of ether oxygens (including phenoxy) is 2. The highest BCUT2D eigenvalue weighted by Gasteiger charge is 2.14. The van der Waals surface area contributed by atoms with Crippen molar-refractivity contribution in [3.63, 3.8) is 0 Å². The fraction of sp³-hybridized carbons (Fsp3) is 0.261. The second-order valence-electron chi connectivity index (χ2n) is 7.30. The van der Waals surface area contributed by atoms with E-state index in [2.05, 4.69) is 34.3 Å². The summed E-state index contributed by atoms with van der Waals surface area (Å²) >= 11 is 0. The summed E-state index contributed by atoms with van der Waals surface area (Å²) in [7, 11) is 3.17. The first-order valence-electron chi connectivity index (χ1n) is 10.00. The van der Waals surface area contributed by atoms with Crippen molar-refractivity contribution in [2.45, 2.75) is 26.9 Å². The van der Waals surface area contributed by atoms with E-state index in [1.165, 1.54) is 5.56 Å². The second-order valence-corrected chi connectivity index (χ2v) is 7.30. The molecule has 8 heteroatoms. The zero-order valence-corrected chi connectivity index (χ0v) is 18.1. The minimum Gasteiger partial charge on any atom is -0.493 e. The number of methoxy groups -OCH3 is 2. The van der Waals surface area contributed by atoms with Crippen LogP contribution in [-0.4, -0.2) is 34.0 Å². The Morgan fingerprint density at radius 2 is 1.71 bits per heavy atom. The molecule has 0 saturated carbocycles. The van der Waals surface area contributed by atoms with Crippen molar-refractivity contribution >= 4 is 22.7 Å². The molecule has 0 aliphatic carbocycles. The average Bonchev–Trinajstić information content (AvgIpc) is 3.04. The number of hydrogen-bond donors (Lipinski definition) is 2. The highest BCUT2D eigenvalue weighted by molar-refractivity contribution is 5.91. The summed E-state index contributed by atoms with van der Waals surface area (Å²) in [6, 6.07) is 13.9. The molecule has 0 aliphatic heterocycles. The van der Waals surface area contributed by atoms with Gasteiger partial charge in [0.05, 0.1) is 32.0 Å². The predicted molar refractivity (Wildman–Crippen MR) is 122 cm³/mol. The molecule has 2 heterocycles. The summed E-state index contributed by atoms with van der Waals surface area (Å²) in [5, 5.41) is 8.71. The van der Waals surface area contributed by atoms with Crippen LogP contribution < -0.4 is 20.5 Å². The highest BCUT2D eigenvalue weighted by atomic mass is 16.5. The first-order chi connectivity index (χ1) is 15.0. The summed E-state index contributed by atoms with van der Waals surface area (Å²) in [6.07, 6.45) is 0. The van der Waals surface area contributed by atoms with Crippen molar-refractivity contribution in [2.24, 2.45) is 0 Å². The van der Waals surface area contributed by atoms with Gasteiger partial charge in [-0.3, -0.25) is 4.68 Å². The van der Waals surface area contributed by atoms with Crippen LogP contribution in [0.4, 0.5) is 11.8 Å². The van der Waals surface area contributed by atoms with E-state index < -0.39 is 0 Å². The number of fused-ring (bicyclic) bond motifs is 1. The smallest absolute Gasteiger partial charge is 0.225 e. The van der Waals surface area contributed by atoms with Crippen LogP contribution in [0.3, 0.4) is 0 Å². The molecule has 0 atom stereocenters. The van der Waals surface area contributed by atoms with E-state index in [0.717, 1.165) is 23.5 Å². The van der Waals surface area contributed by atoms with Crippen molar-refractivity contribution in [2.75, 3.05) is 25.3 Å². The van der Waals surface area contributed by atoms with Crippen LogP contribution in [0.2, 0.25) is 0 Å². The SMILES string of the molecule is COc1cc2nc(NCc3c(C)nn(Cc4ccccc4)c3C)nc(N)c2cc1OC. The lowest BCUT2D eigenvalue weighted by Crippen LogP contribution is -2.08. The van der Waals surface area contributed by atoms with Crippen molar-refractivity contribution in [1.29, 1.82) is 0 Å². The van der Waals surface area contributed by atoms with Gasteiger partial charge in [-0.05, 0) is 25.5 Å². The summed E-state index contributed by atoms with van der Waals surface area (Å²) in [5.74, 6) is 2.00. The van der Waals surface area contributed by atoms with Gasteiger partial charge in [-0.25, -0.2) is 4.98 Å². The van der Waals surface area contributed by atoms with E-state index in [9.17, 15) is 0 Å². The highest BCUT2D eigenvalue weighted by Crippen LogP contribution is 2.33. The third-order valence-electron chi connectivity index (χ3n) is 5.36. The van der Waals surface area contributed by atoms with Gasteiger partial charge in [0.2, 0.25) is 5.95 Å². The molecule has 0 saturated heterocycles. The molecular formula is C23H26N6O2. The minimum atomic E-state index is 0.377. The lowest BCUT2D eigenvalue weighted by Gasteiger charge is -2.12. The molecule has 0 unspecified atom stereocenters. The number of nitrogens with zero attached hydrogens (tertiary/aromatic N) is 4. The Labute approximate surface area is 181 Å². The fourth-order valence-electron chi connectivity index (χ4n) is 3.63. The van der Waals surface area contributed by atoms with Crippen LogP contribution in [0, 0.1) is 13.8 Å². The maximum absolute atomic E-state index is 6.19. The number of aromatic nitrogens is 4. The summed E-state index contributed by atoms with van der Waals surface area (Å²) in [5.41, 5.74) is 11.3. The van der Waals surface area contributed by atoms with Crippen LogP contribution >= 0.6 is 0 Å². The topological polar surface area (TPSA) is 100 Å². The number of nitrogens with two attached hydrogens (primary N) is 1. The molecule has 4 rings (SSSR count). The van der Waals surface area contributed by atoms with Gasteiger partial charge in [0.25, 0.3) is 0 Å². The van der Waals surface area contributed by atoms with Crippen LogP contribution in [-0.2, 0) is 13.1 Å². The van der Waals surface area contributed by atoms with Gasteiger partial charge in [-0.2, -0.15) is 10.1 Å². The van der Waals surface area contributed by atoms with Crippen molar-refractivity contribution < 1.29 is 9.47 Å². The van der Waals surface area contributed by atoms with Crippen molar-refractivity contribution in [3.8, 4) is 11.5 Å². The third kappa shape index (κ3) is 4.09. The van der Waals surface area contributed by atoms with Gasteiger partial charge in [-0.15, -0.1) is 0 Å². The first kappa shape index (κ1) is 20.5. The van der Waals surface area contributed by atoms with E-state index >= 15 is 0 Å². The molecule has 0 bridgehead atoms. The van der Waals surface area contributed by atoms with Gasteiger partial charge in [0, 0.05) is 29.3 Å². The second kappa shape index (κ2) is 8.51. The number of aryl methyl sites for hydroxylation is 1. The van der Waals surface area contributed by atoms with Crippen molar-refractivity contribution in [1.82, 2.24) is 19.7 Å². The Bertz CT molecular complexity index is 1220. The fourth-order valence-corrected chi connectivity index (χ4v) is 3.63. The Hall–Kier alpha value is -3.81. The molecule has 2 aromatic carbocycles. The molecule has 0 fully saturated rings. The van der Waals surface area contributed by atoms with E-state index in [-0.39, 0.29) is 0 Å². The Balaban J connectivity index is 1.58. The molecule has 0 aliphatic rings. The zero-order chi connectivity index (χ0) is 22.0. The Morgan fingerprint density at radius 3 is 2.42 bits per heavy atom. The molecule has 0 radical (unpaired) electrons. The molecule has 31 heavy (non-hydrogen) atoms. The molecule has 2 aromatic heterocycles. The van der Waals surface area contributed by atoms with Crippen molar-refractivity contribution in [3.05, 3.63) is 65.0 Å². The number of nitrogen functional groups attached to an aromatic ring is 1. The third-order valence-corrected chi connectivity index (χ3v) is 5.36. The molecular weight excluding hydrogens is 392 g/mol. The number of rotatable bonds is 7. The van der Waals surface area contributed by atoms with E-state index in [0.29, 0.717) is 40.7 Å². The van der Waals surface area contributed by atoms with E-state index in [1.54, 1.807) is 26.4 Å². The van der Waals surface area contributed by atoms with E-state index in [4.69, 9.17) is 20.3 Å². The van der Waals surface area contributed by atoms with Gasteiger partial charge in [0.1, 0.15) is 5.82 Å². The van der Waals surface area contributed by atoms with E-state index in [1.807, 2.05) is 29.8 Å². The molecule has 8 nitrogen and oxygen atoms in total. The number of nitrogens with one attached hydrogen (secondary N) is 1. The quantitative estimate of drug-likeness (QED) is 0.472. The molecule has 160 valence electrons. The largest absolute Gasteiger partial charge is 0.493 e. The van der Waals surface area contributed by atoms with Gasteiger partial charge in [0.15, 0.2) is 11.5 Å². The van der Waals surface area contributed by atoms with Crippen LogP contribution in [0.25, 0.3) is 10.9 Å². The van der Waals surface area contributed by atoms with Crippen LogP contribution in [0.5, 0.6) is 11.5 Å². The molecule has 4 aromatic rings. The lowest BCUT2D eigenvalue weighted by atomic mass is 10.2. The molecule has 3 N–H and O–H groups in total. The summed E-state index contributed by atoms with van der Waals surface area (Å²) < 4.78 is 12.7. The maximum Gasteiger partial charge on any atom is 0.225 e. The van der Waals surface area contributed by atoms with Gasteiger partial charge in [-0.1, -0.05) is 30.3 Å². The van der Waals surface area contributed by atoms with Gasteiger partial charge < -0.3 is 20.5 Å². The predicted octanol–water partition coefficient (Wildman–Crippen LogP) is 3.70. The average molecular weight is 419 g/mol. The normalized spacial score (nSPS) is 11.0. The number of hydrogen-bond acceptors (Lipinski definition) is 7. The Kier molecular flexibility index (Phi) is 5.62. The number of anilines is 2. The van der Waals surface area contributed by atoms with Gasteiger partial charge >= 0.3 is 0 Å². The monoisotopic (exact) mass is 418 g/mol. The minimum absolute atomic E-state index is 0.377. The summed E-state index contributed by atoms with van der Waals surface area (Å²) in [6.45, 7) is 5.37. The van der Waals surface area contributed by atoms with Crippen LogP contribution in [0.15, 0.2) is 42.5 Å². The molecule has 0 amide bonds. The maximum atomic E-state index is 6.19.